The number of amides is 1. The van der Waals surface area contributed by atoms with Gasteiger partial charge in [0.2, 0.25) is 10.0 Å². The van der Waals surface area contributed by atoms with Crippen LogP contribution in [-0.4, -0.2) is 45.9 Å². The molecule has 0 saturated heterocycles. The first kappa shape index (κ1) is 22.1. The highest BCUT2D eigenvalue weighted by Crippen LogP contribution is 2.12. The molecule has 0 saturated carbocycles. The molecule has 0 aliphatic carbocycles. The van der Waals surface area contributed by atoms with Crippen molar-refractivity contribution in [3.8, 4) is 0 Å². The van der Waals surface area contributed by atoms with E-state index in [0.29, 0.717) is 25.2 Å². The van der Waals surface area contributed by atoms with Crippen LogP contribution in [0.4, 0.5) is 0 Å². The van der Waals surface area contributed by atoms with Crippen LogP contribution in [-0.2, 0) is 16.4 Å². The fraction of sp³-hybridized carbons (Fsp3) is 0.278. The lowest BCUT2D eigenvalue weighted by Crippen LogP contribution is -2.37. The summed E-state index contributed by atoms with van der Waals surface area (Å²) in [5.74, 6) is -0.158. The maximum absolute atomic E-state index is 12.7. The smallest absolute Gasteiger partial charge is 0.253 e. The van der Waals surface area contributed by atoms with E-state index in [0.717, 1.165) is 12.0 Å². The molecule has 0 fully saturated rings. The van der Waals surface area contributed by atoms with Crippen LogP contribution in [0.5, 0.6) is 0 Å². The molecule has 2 aromatic rings. The van der Waals surface area contributed by atoms with Crippen LogP contribution in [0.1, 0.15) is 15.9 Å². The molecule has 0 aliphatic heterocycles. The lowest BCUT2D eigenvalue weighted by Gasteiger charge is -2.22. The third-order valence-corrected chi connectivity index (χ3v) is 5.31. The molecule has 1 amide bonds. The summed E-state index contributed by atoms with van der Waals surface area (Å²) in [6, 6.07) is 15.8. The molecule has 6 nitrogen and oxygen atoms in total. The van der Waals surface area contributed by atoms with Crippen LogP contribution in [0.15, 0.2) is 59.5 Å². The molecule has 26 heavy (non-hydrogen) atoms. The number of nitrogens with zero attached hydrogens (tertiary/aromatic N) is 1. The molecule has 8 heteroatoms. The van der Waals surface area contributed by atoms with Crippen LogP contribution in [0.3, 0.4) is 0 Å². The molecular weight excluding hydrogens is 374 g/mol. The summed E-state index contributed by atoms with van der Waals surface area (Å²) in [4.78, 5) is 14.5. The predicted molar refractivity (Wildman–Crippen MR) is 105 cm³/mol. The lowest BCUT2D eigenvalue weighted by atomic mass is 10.1. The van der Waals surface area contributed by atoms with Crippen molar-refractivity contribution in [3.63, 3.8) is 0 Å². The zero-order valence-corrected chi connectivity index (χ0v) is 16.2. The maximum Gasteiger partial charge on any atom is 0.253 e. The minimum absolute atomic E-state index is 0. The quantitative estimate of drug-likeness (QED) is 0.708. The van der Waals surface area contributed by atoms with Crippen molar-refractivity contribution in [3.05, 3.63) is 65.7 Å². The van der Waals surface area contributed by atoms with E-state index in [1.54, 1.807) is 4.90 Å². The predicted octanol–water partition coefficient (Wildman–Crippen LogP) is 1.66. The highest BCUT2D eigenvalue weighted by molar-refractivity contribution is 7.89. The van der Waals surface area contributed by atoms with Gasteiger partial charge in [0, 0.05) is 25.2 Å². The summed E-state index contributed by atoms with van der Waals surface area (Å²) in [6.07, 6.45) is 0.735. The second kappa shape index (κ2) is 10.3. The molecule has 0 heterocycles. The van der Waals surface area contributed by atoms with Gasteiger partial charge >= 0.3 is 0 Å². The Hall–Kier alpha value is -1.93. The first-order chi connectivity index (χ1) is 12.0. The fourth-order valence-electron chi connectivity index (χ4n) is 2.46. The molecule has 3 N–H and O–H groups in total. The number of carbonyl (C=O) groups is 1. The highest BCUT2D eigenvalue weighted by atomic mass is 35.5. The molecule has 2 rings (SSSR count). The molecule has 0 aliphatic rings. The fourth-order valence-corrected chi connectivity index (χ4v) is 3.19. The van der Waals surface area contributed by atoms with Crippen molar-refractivity contribution in [2.45, 2.75) is 11.3 Å². The molecule has 0 unspecified atom stereocenters. The molecule has 0 atom stereocenters. The summed E-state index contributed by atoms with van der Waals surface area (Å²) in [5.41, 5.74) is 7.22. The van der Waals surface area contributed by atoms with Crippen molar-refractivity contribution in [2.75, 3.05) is 26.7 Å². The van der Waals surface area contributed by atoms with E-state index < -0.39 is 10.0 Å². The Morgan fingerprint density at radius 2 is 1.65 bits per heavy atom. The Labute approximate surface area is 160 Å². The van der Waals surface area contributed by atoms with Crippen LogP contribution in [0, 0.1) is 0 Å². The number of nitrogens with two attached hydrogens (primary N) is 1. The second-order valence-corrected chi connectivity index (χ2v) is 7.43. The third kappa shape index (κ3) is 5.81. The molecule has 0 aromatic heterocycles. The van der Waals surface area contributed by atoms with Crippen molar-refractivity contribution in [1.82, 2.24) is 9.62 Å². The summed E-state index contributed by atoms with van der Waals surface area (Å²) >= 11 is 0. The van der Waals surface area contributed by atoms with Crippen molar-refractivity contribution in [2.24, 2.45) is 5.73 Å². The topological polar surface area (TPSA) is 92.5 Å². The van der Waals surface area contributed by atoms with Crippen molar-refractivity contribution in [1.29, 1.82) is 0 Å². The number of carbonyl (C=O) groups excluding carboxylic acids is 1. The van der Waals surface area contributed by atoms with Gasteiger partial charge in [-0.15, -0.1) is 12.4 Å². The zero-order valence-electron chi connectivity index (χ0n) is 14.6. The van der Waals surface area contributed by atoms with E-state index in [-0.39, 0.29) is 23.2 Å². The van der Waals surface area contributed by atoms with Gasteiger partial charge in [-0.05, 0) is 43.3 Å². The molecule has 0 radical (unpaired) electrons. The Bertz CT molecular complexity index is 796. The van der Waals surface area contributed by atoms with Gasteiger partial charge in [-0.1, -0.05) is 30.3 Å². The monoisotopic (exact) mass is 397 g/mol. The minimum Gasteiger partial charge on any atom is -0.337 e. The average molecular weight is 398 g/mol. The van der Waals surface area contributed by atoms with Gasteiger partial charge in [-0.3, -0.25) is 4.79 Å². The summed E-state index contributed by atoms with van der Waals surface area (Å²) < 4.78 is 25.8. The first-order valence-corrected chi connectivity index (χ1v) is 9.53. The average Bonchev–Trinajstić information content (AvgIpc) is 2.65. The van der Waals surface area contributed by atoms with E-state index in [1.807, 2.05) is 30.3 Å². The van der Waals surface area contributed by atoms with Gasteiger partial charge in [-0.25, -0.2) is 13.1 Å². The van der Waals surface area contributed by atoms with Crippen LogP contribution < -0.4 is 10.5 Å². The van der Waals surface area contributed by atoms with E-state index in [9.17, 15) is 13.2 Å². The molecular formula is C18H24ClN3O3S. The Balaban J connectivity index is 0.00000338. The van der Waals surface area contributed by atoms with Crippen molar-refractivity contribution >= 4 is 28.3 Å². The number of hydrogen-bond acceptors (Lipinski definition) is 4. The maximum atomic E-state index is 12.7. The number of rotatable bonds is 8. The van der Waals surface area contributed by atoms with Crippen LogP contribution in [0.25, 0.3) is 0 Å². The molecule has 0 spiro atoms. The SMILES string of the molecule is CNS(=O)(=O)c1ccc(C(=O)N(CCN)CCc2ccccc2)cc1.Cl. The van der Waals surface area contributed by atoms with Gasteiger partial charge in [-0.2, -0.15) is 0 Å². The molecule has 0 bridgehead atoms. The van der Waals surface area contributed by atoms with E-state index in [2.05, 4.69) is 4.72 Å². The Morgan fingerprint density at radius 1 is 1.04 bits per heavy atom. The van der Waals surface area contributed by atoms with Gasteiger partial charge < -0.3 is 10.6 Å². The summed E-state index contributed by atoms with van der Waals surface area (Å²) in [6.45, 7) is 1.37. The summed E-state index contributed by atoms with van der Waals surface area (Å²) in [5, 5.41) is 0. The number of nitrogens with one attached hydrogen (secondary N) is 1. The largest absolute Gasteiger partial charge is 0.337 e. The highest BCUT2D eigenvalue weighted by Gasteiger charge is 2.17. The number of benzene rings is 2. The summed E-state index contributed by atoms with van der Waals surface area (Å²) in [7, 11) is -2.16. The standard InChI is InChI=1S/C18H23N3O3S.ClH/c1-20-25(23,24)17-9-7-16(8-10-17)18(22)21(14-12-19)13-11-15-5-3-2-4-6-15;/h2-10,20H,11-14,19H2,1H3;1H. The third-order valence-electron chi connectivity index (χ3n) is 3.88. The second-order valence-electron chi connectivity index (χ2n) is 5.55. The van der Waals surface area contributed by atoms with E-state index in [1.165, 1.54) is 31.3 Å². The van der Waals surface area contributed by atoms with E-state index in [4.69, 9.17) is 5.73 Å². The first-order valence-electron chi connectivity index (χ1n) is 8.05. The lowest BCUT2D eigenvalue weighted by molar-refractivity contribution is 0.0762. The number of halogens is 1. The van der Waals surface area contributed by atoms with Gasteiger partial charge in [0.05, 0.1) is 4.90 Å². The Kier molecular flexibility index (Phi) is 8.74. The zero-order chi connectivity index (χ0) is 18.3. The number of sulfonamides is 1. The minimum atomic E-state index is -3.51. The Morgan fingerprint density at radius 3 is 2.19 bits per heavy atom. The van der Waals surface area contributed by atoms with Gasteiger partial charge in [0.25, 0.3) is 5.91 Å². The van der Waals surface area contributed by atoms with Crippen LogP contribution >= 0.6 is 12.4 Å². The normalized spacial score (nSPS) is 10.8. The van der Waals surface area contributed by atoms with Gasteiger partial charge in [0.1, 0.15) is 0 Å². The van der Waals surface area contributed by atoms with Gasteiger partial charge in [0.15, 0.2) is 0 Å². The van der Waals surface area contributed by atoms with Crippen LogP contribution in [0.2, 0.25) is 0 Å². The molecule has 142 valence electrons. The van der Waals surface area contributed by atoms with Crippen molar-refractivity contribution < 1.29 is 13.2 Å². The molecule has 2 aromatic carbocycles. The number of hydrogen-bond donors (Lipinski definition) is 2. The van der Waals surface area contributed by atoms with E-state index >= 15 is 0 Å².